The molecule has 16 heavy (non-hydrogen) atoms. The van der Waals surface area contributed by atoms with Crippen molar-refractivity contribution in [3.63, 3.8) is 0 Å². The number of nitrogens with two attached hydrogens (primary N) is 2. The topological polar surface area (TPSA) is 123 Å². The maximum Gasteiger partial charge on any atom is 0.258 e. The standard InChI is InChI=1S/C8H16N6O2/c1-2-3-4-16-14(5-15)8-12-6(9)11-7(10)13-8/h15H,2-5H2,1H3,(H4,9,10,11,12,13). The fourth-order valence-corrected chi connectivity index (χ4v) is 0.990. The molecule has 1 heterocycles. The third kappa shape index (κ3) is 3.48. The Morgan fingerprint density at radius 1 is 1.25 bits per heavy atom. The summed E-state index contributed by atoms with van der Waals surface area (Å²) in [7, 11) is 0. The molecule has 8 nitrogen and oxygen atoms in total. The average Bonchev–Trinajstić information content (AvgIpc) is 2.23. The fraction of sp³-hybridized carbons (Fsp3) is 0.625. The van der Waals surface area contributed by atoms with Gasteiger partial charge in [0.25, 0.3) is 5.95 Å². The molecule has 0 saturated heterocycles. The van der Waals surface area contributed by atoms with E-state index in [2.05, 4.69) is 15.0 Å². The van der Waals surface area contributed by atoms with Crippen LogP contribution in [0.1, 0.15) is 19.8 Å². The predicted molar refractivity (Wildman–Crippen MR) is 59.1 cm³/mol. The number of nitrogen functional groups attached to an aromatic ring is 2. The Labute approximate surface area is 93.2 Å². The molecule has 0 unspecified atom stereocenters. The minimum absolute atomic E-state index is 0.0139. The molecule has 8 heteroatoms. The zero-order chi connectivity index (χ0) is 12.0. The maximum absolute atomic E-state index is 9.08. The van der Waals surface area contributed by atoms with Gasteiger partial charge in [0.05, 0.1) is 6.61 Å². The number of hydroxylamine groups is 1. The van der Waals surface area contributed by atoms with E-state index in [4.69, 9.17) is 21.4 Å². The van der Waals surface area contributed by atoms with Gasteiger partial charge in [-0.25, -0.2) is 0 Å². The molecule has 0 aliphatic carbocycles. The first-order chi connectivity index (χ1) is 7.67. The van der Waals surface area contributed by atoms with Gasteiger partial charge < -0.3 is 16.6 Å². The van der Waals surface area contributed by atoms with Gasteiger partial charge >= 0.3 is 0 Å². The molecule has 0 aliphatic heterocycles. The Morgan fingerprint density at radius 2 is 1.88 bits per heavy atom. The summed E-state index contributed by atoms with van der Waals surface area (Å²) < 4.78 is 0. The van der Waals surface area contributed by atoms with E-state index < -0.39 is 0 Å². The van der Waals surface area contributed by atoms with Crippen LogP contribution in [-0.2, 0) is 4.84 Å². The smallest absolute Gasteiger partial charge is 0.258 e. The number of rotatable bonds is 6. The van der Waals surface area contributed by atoms with E-state index in [0.717, 1.165) is 17.9 Å². The van der Waals surface area contributed by atoms with Gasteiger partial charge in [0.2, 0.25) is 11.9 Å². The van der Waals surface area contributed by atoms with E-state index in [0.29, 0.717) is 6.61 Å². The zero-order valence-corrected chi connectivity index (χ0v) is 9.13. The molecule has 1 aromatic rings. The molecule has 90 valence electrons. The van der Waals surface area contributed by atoms with Crippen molar-refractivity contribution >= 4 is 17.8 Å². The molecule has 0 radical (unpaired) electrons. The van der Waals surface area contributed by atoms with E-state index in [1.165, 1.54) is 0 Å². The van der Waals surface area contributed by atoms with Crippen LogP contribution >= 0.6 is 0 Å². The minimum atomic E-state index is -0.382. The molecule has 5 N–H and O–H groups in total. The summed E-state index contributed by atoms with van der Waals surface area (Å²) >= 11 is 0. The van der Waals surface area contributed by atoms with Crippen molar-refractivity contribution in [2.45, 2.75) is 19.8 Å². The largest absolute Gasteiger partial charge is 0.374 e. The van der Waals surface area contributed by atoms with E-state index in [-0.39, 0.29) is 24.6 Å². The summed E-state index contributed by atoms with van der Waals surface area (Å²) in [6.45, 7) is 2.11. The first-order valence-electron chi connectivity index (χ1n) is 4.95. The molecule has 0 amide bonds. The molecule has 0 aromatic carbocycles. The number of anilines is 3. The van der Waals surface area contributed by atoms with Gasteiger partial charge in [-0.2, -0.15) is 20.0 Å². The van der Waals surface area contributed by atoms with Crippen molar-refractivity contribution in [1.82, 2.24) is 15.0 Å². The lowest BCUT2D eigenvalue weighted by Crippen LogP contribution is -2.28. The minimum Gasteiger partial charge on any atom is -0.374 e. The highest BCUT2D eigenvalue weighted by atomic mass is 16.7. The van der Waals surface area contributed by atoms with Crippen molar-refractivity contribution < 1.29 is 9.94 Å². The van der Waals surface area contributed by atoms with Gasteiger partial charge in [-0.3, -0.25) is 4.84 Å². The van der Waals surface area contributed by atoms with Crippen molar-refractivity contribution in [3.8, 4) is 0 Å². The molecule has 0 saturated carbocycles. The number of unbranched alkanes of at least 4 members (excludes halogenated alkanes) is 1. The quantitative estimate of drug-likeness (QED) is 0.339. The monoisotopic (exact) mass is 228 g/mol. The molecule has 1 rings (SSSR count). The summed E-state index contributed by atoms with van der Waals surface area (Å²) in [6, 6.07) is 0. The Morgan fingerprint density at radius 3 is 2.38 bits per heavy atom. The molecular weight excluding hydrogens is 212 g/mol. The van der Waals surface area contributed by atoms with Gasteiger partial charge in [-0.05, 0) is 6.42 Å². The van der Waals surface area contributed by atoms with Crippen LogP contribution in [0.2, 0.25) is 0 Å². The molecule has 0 fully saturated rings. The van der Waals surface area contributed by atoms with Crippen LogP contribution in [0.3, 0.4) is 0 Å². The summed E-state index contributed by atoms with van der Waals surface area (Å²) in [5, 5.41) is 10.2. The molecule has 0 spiro atoms. The lowest BCUT2D eigenvalue weighted by atomic mass is 10.4. The van der Waals surface area contributed by atoms with Gasteiger partial charge in [-0.1, -0.05) is 13.3 Å². The first-order valence-corrected chi connectivity index (χ1v) is 4.95. The summed E-state index contributed by atoms with van der Waals surface area (Å²) in [5.74, 6) is 0.0729. The Bertz CT molecular complexity index is 314. The fourth-order valence-electron chi connectivity index (χ4n) is 0.990. The van der Waals surface area contributed by atoms with Crippen molar-refractivity contribution in [1.29, 1.82) is 0 Å². The Hall–Kier alpha value is -1.67. The lowest BCUT2D eigenvalue weighted by Gasteiger charge is -2.18. The zero-order valence-electron chi connectivity index (χ0n) is 9.13. The predicted octanol–water partition coefficient (Wildman–Crippen LogP) is -0.476. The third-order valence-electron chi connectivity index (χ3n) is 1.75. The highest BCUT2D eigenvalue weighted by molar-refractivity contribution is 5.37. The van der Waals surface area contributed by atoms with Crippen molar-refractivity contribution in [3.05, 3.63) is 0 Å². The molecule has 0 bridgehead atoms. The number of hydrogen-bond acceptors (Lipinski definition) is 8. The van der Waals surface area contributed by atoms with Crippen LogP contribution in [0.4, 0.5) is 17.8 Å². The number of nitrogens with zero attached hydrogens (tertiary/aromatic N) is 4. The van der Waals surface area contributed by atoms with Crippen LogP contribution < -0.4 is 16.5 Å². The summed E-state index contributed by atoms with van der Waals surface area (Å²) in [4.78, 5) is 16.5. The van der Waals surface area contributed by atoms with Crippen LogP contribution in [0.25, 0.3) is 0 Å². The van der Waals surface area contributed by atoms with Crippen LogP contribution in [0, 0.1) is 0 Å². The Balaban J connectivity index is 2.70. The highest BCUT2D eigenvalue weighted by Crippen LogP contribution is 2.10. The lowest BCUT2D eigenvalue weighted by molar-refractivity contribution is 0.0559. The maximum atomic E-state index is 9.08. The number of aliphatic hydroxyl groups excluding tert-OH is 1. The third-order valence-corrected chi connectivity index (χ3v) is 1.75. The van der Waals surface area contributed by atoms with Gasteiger partial charge in [0.15, 0.2) is 0 Å². The van der Waals surface area contributed by atoms with Crippen LogP contribution in [0.15, 0.2) is 0 Å². The number of aromatic nitrogens is 3. The van der Waals surface area contributed by atoms with Crippen molar-refractivity contribution in [2.75, 3.05) is 29.9 Å². The van der Waals surface area contributed by atoms with Gasteiger partial charge in [-0.15, -0.1) is 0 Å². The van der Waals surface area contributed by atoms with Gasteiger partial charge in [0.1, 0.15) is 6.73 Å². The van der Waals surface area contributed by atoms with E-state index >= 15 is 0 Å². The normalized spacial score (nSPS) is 10.4. The summed E-state index contributed by atoms with van der Waals surface area (Å²) in [6.07, 6.45) is 1.85. The van der Waals surface area contributed by atoms with Gasteiger partial charge in [0, 0.05) is 0 Å². The Kier molecular flexibility index (Phi) is 4.67. The average molecular weight is 228 g/mol. The second-order valence-corrected chi connectivity index (χ2v) is 3.06. The summed E-state index contributed by atoms with van der Waals surface area (Å²) in [5.41, 5.74) is 10.8. The second-order valence-electron chi connectivity index (χ2n) is 3.06. The molecule has 0 atom stereocenters. The van der Waals surface area contributed by atoms with Crippen LogP contribution in [0.5, 0.6) is 0 Å². The van der Waals surface area contributed by atoms with Crippen molar-refractivity contribution in [2.24, 2.45) is 0 Å². The number of aliphatic hydroxyl groups is 1. The molecule has 1 aromatic heterocycles. The van der Waals surface area contributed by atoms with E-state index in [9.17, 15) is 0 Å². The highest BCUT2D eigenvalue weighted by Gasteiger charge is 2.11. The SMILES string of the molecule is CCCCON(CO)c1nc(N)nc(N)n1. The van der Waals surface area contributed by atoms with Crippen LogP contribution in [-0.4, -0.2) is 33.4 Å². The number of hydrogen-bond donors (Lipinski definition) is 3. The van der Waals surface area contributed by atoms with E-state index in [1.807, 2.05) is 6.92 Å². The molecule has 0 aliphatic rings. The molecular formula is C8H16N6O2. The second kappa shape index (κ2) is 6.03. The first kappa shape index (κ1) is 12.4. The van der Waals surface area contributed by atoms with E-state index in [1.54, 1.807) is 0 Å².